The molecule has 0 saturated heterocycles. The van der Waals surface area contributed by atoms with E-state index in [1.165, 1.54) is 12.1 Å². The highest BCUT2D eigenvalue weighted by molar-refractivity contribution is 9.10. The first kappa shape index (κ1) is 11.4. The van der Waals surface area contributed by atoms with Crippen LogP contribution in [0.5, 0.6) is 0 Å². The van der Waals surface area contributed by atoms with Crippen molar-refractivity contribution in [2.75, 3.05) is 7.05 Å². The summed E-state index contributed by atoms with van der Waals surface area (Å²) in [7, 11) is 1.81. The Labute approximate surface area is 102 Å². The lowest BCUT2D eigenvalue weighted by Gasteiger charge is -2.13. The van der Waals surface area contributed by atoms with E-state index in [0.717, 1.165) is 11.3 Å². The van der Waals surface area contributed by atoms with Crippen LogP contribution in [-0.2, 0) is 0 Å². The molecule has 0 bridgehead atoms. The van der Waals surface area contributed by atoms with Crippen LogP contribution in [0.15, 0.2) is 45.5 Å². The minimum atomic E-state index is -0.247. The Balaban J connectivity index is 2.36. The van der Waals surface area contributed by atoms with Crippen molar-refractivity contribution in [2.24, 2.45) is 0 Å². The first-order chi connectivity index (χ1) is 7.70. The summed E-state index contributed by atoms with van der Waals surface area (Å²) in [6.07, 6.45) is 0. The number of hydrogen-bond donors (Lipinski definition) is 1. The van der Waals surface area contributed by atoms with Gasteiger partial charge >= 0.3 is 0 Å². The summed E-state index contributed by atoms with van der Waals surface area (Å²) < 4.78 is 19.2. The zero-order valence-electron chi connectivity index (χ0n) is 8.71. The molecule has 0 fully saturated rings. The smallest absolute Gasteiger partial charge is 0.169 e. The molecule has 84 valence electrons. The van der Waals surface area contributed by atoms with E-state index in [2.05, 4.69) is 21.2 Å². The van der Waals surface area contributed by atoms with Gasteiger partial charge in [0.1, 0.15) is 11.6 Å². The van der Waals surface area contributed by atoms with E-state index in [-0.39, 0.29) is 11.9 Å². The number of rotatable bonds is 3. The summed E-state index contributed by atoms with van der Waals surface area (Å²) in [5, 5.41) is 3.09. The lowest BCUT2D eigenvalue weighted by Crippen LogP contribution is -2.17. The molecule has 1 aromatic carbocycles. The first-order valence-corrected chi connectivity index (χ1v) is 5.68. The molecule has 16 heavy (non-hydrogen) atoms. The van der Waals surface area contributed by atoms with Crippen molar-refractivity contribution >= 4 is 15.9 Å². The Hall–Kier alpha value is -1.13. The molecular formula is C12H11BrFNO. The number of furan rings is 1. The third-order valence-corrected chi connectivity index (χ3v) is 2.78. The Morgan fingerprint density at radius 3 is 2.69 bits per heavy atom. The van der Waals surface area contributed by atoms with E-state index in [4.69, 9.17) is 4.42 Å². The lowest BCUT2D eigenvalue weighted by atomic mass is 10.0. The molecule has 0 aliphatic rings. The van der Waals surface area contributed by atoms with Gasteiger partial charge in [0, 0.05) is 0 Å². The maximum absolute atomic E-state index is 13.1. The molecule has 0 aliphatic carbocycles. The van der Waals surface area contributed by atoms with Gasteiger partial charge in [0.25, 0.3) is 0 Å². The van der Waals surface area contributed by atoms with Gasteiger partial charge in [-0.1, -0.05) is 12.1 Å². The van der Waals surface area contributed by atoms with Crippen molar-refractivity contribution in [3.8, 4) is 0 Å². The van der Waals surface area contributed by atoms with Gasteiger partial charge in [0.05, 0.1) is 6.04 Å². The lowest BCUT2D eigenvalue weighted by molar-refractivity contribution is 0.446. The zero-order valence-corrected chi connectivity index (χ0v) is 10.3. The van der Waals surface area contributed by atoms with E-state index in [1.807, 2.05) is 25.2 Å². The van der Waals surface area contributed by atoms with Crippen molar-refractivity contribution in [3.05, 3.63) is 58.2 Å². The molecule has 2 nitrogen and oxygen atoms in total. The molecule has 2 aromatic rings. The molecule has 4 heteroatoms. The fourth-order valence-electron chi connectivity index (χ4n) is 1.64. The molecule has 0 aliphatic heterocycles. The molecule has 0 saturated carbocycles. The number of nitrogens with one attached hydrogen (secondary N) is 1. The number of halogens is 2. The largest absolute Gasteiger partial charge is 0.452 e. The van der Waals surface area contributed by atoms with E-state index in [9.17, 15) is 4.39 Å². The third-order valence-electron chi connectivity index (χ3n) is 2.35. The third kappa shape index (κ3) is 2.33. The average Bonchev–Trinajstić information content (AvgIpc) is 2.66. The second kappa shape index (κ2) is 4.80. The summed E-state index contributed by atoms with van der Waals surface area (Å²) in [5.41, 5.74) is 0.837. The van der Waals surface area contributed by atoms with Gasteiger partial charge in [-0.3, -0.25) is 0 Å². The minimum absolute atomic E-state index is 0.137. The minimum Gasteiger partial charge on any atom is -0.452 e. The van der Waals surface area contributed by atoms with Crippen LogP contribution >= 0.6 is 15.9 Å². The summed E-state index contributed by atoms with van der Waals surface area (Å²) in [5.74, 6) is 0.503. The fourth-order valence-corrected chi connectivity index (χ4v) is 1.96. The normalized spacial score (nSPS) is 12.7. The van der Waals surface area contributed by atoms with Crippen LogP contribution in [-0.4, -0.2) is 7.05 Å². The van der Waals surface area contributed by atoms with Crippen LogP contribution in [0.4, 0.5) is 4.39 Å². The molecule has 0 radical (unpaired) electrons. The van der Waals surface area contributed by atoms with Crippen LogP contribution in [0.2, 0.25) is 0 Å². The topological polar surface area (TPSA) is 25.2 Å². The Morgan fingerprint density at radius 2 is 2.12 bits per heavy atom. The SMILES string of the molecule is CNC(c1cccc(F)c1)c1ccc(Br)o1. The quantitative estimate of drug-likeness (QED) is 0.933. The summed E-state index contributed by atoms with van der Waals surface area (Å²) in [6, 6.07) is 10.0. The van der Waals surface area contributed by atoms with Crippen LogP contribution in [0.25, 0.3) is 0 Å². The van der Waals surface area contributed by atoms with Crippen LogP contribution in [0.1, 0.15) is 17.4 Å². The second-order valence-electron chi connectivity index (χ2n) is 3.42. The van der Waals surface area contributed by atoms with Crippen molar-refractivity contribution < 1.29 is 8.81 Å². The van der Waals surface area contributed by atoms with Gasteiger partial charge in [0.15, 0.2) is 4.67 Å². The highest BCUT2D eigenvalue weighted by Gasteiger charge is 2.15. The summed E-state index contributed by atoms with van der Waals surface area (Å²) in [4.78, 5) is 0. The highest BCUT2D eigenvalue weighted by atomic mass is 79.9. The predicted molar refractivity (Wildman–Crippen MR) is 63.7 cm³/mol. The molecule has 0 amide bonds. The van der Waals surface area contributed by atoms with Crippen LogP contribution < -0.4 is 5.32 Å². The summed E-state index contributed by atoms with van der Waals surface area (Å²) in [6.45, 7) is 0. The standard InChI is InChI=1S/C12H11BrFNO/c1-15-12(10-5-6-11(13)16-10)8-3-2-4-9(14)7-8/h2-7,12,15H,1H3. The van der Waals surface area contributed by atoms with E-state index >= 15 is 0 Å². The first-order valence-electron chi connectivity index (χ1n) is 4.88. The van der Waals surface area contributed by atoms with Crippen LogP contribution in [0.3, 0.4) is 0 Å². The molecule has 1 heterocycles. The molecule has 1 atom stereocenters. The Kier molecular flexibility index (Phi) is 3.41. The van der Waals surface area contributed by atoms with E-state index < -0.39 is 0 Å². The average molecular weight is 284 g/mol. The van der Waals surface area contributed by atoms with E-state index in [1.54, 1.807) is 6.07 Å². The maximum atomic E-state index is 13.1. The highest BCUT2D eigenvalue weighted by Crippen LogP contribution is 2.26. The maximum Gasteiger partial charge on any atom is 0.169 e. The molecule has 2 rings (SSSR count). The van der Waals surface area contributed by atoms with Crippen molar-refractivity contribution in [2.45, 2.75) is 6.04 Å². The van der Waals surface area contributed by atoms with Gasteiger partial charge in [0.2, 0.25) is 0 Å². The van der Waals surface area contributed by atoms with Gasteiger partial charge in [-0.15, -0.1) is 0 Å². The molecular weight excluding hydrogens is 273 g/mol. The fraction of sp³-hybridized carbons (Fsp3) is 0.167. The summed E-state index contributed by atoms with van der Waals surface area (Å²) >= 11 is 3.25. The van der Waals surface area contributed by atoms with Crippen molar-refractivity contribution in [1.29, 1.82) is 0 Å². The number of hydrogen-bond acceptors (Lipinski definition) is 2. The molecule has 1 unspecified atom stereocenters. The Morgan fingerprint density at radius 1 is 1.31 bits per heavy atom. The van der Waals surface area contributed by atoms with Crippen molar-refractivity contribution in [3.63, 3.8) is 0 Å². The van der Waals surface area contributed by atoms with Gasteiger partial charge in [-0.2, -0.15) is 0 Å². The second-order valence-corrected chi connectivity index (χ2v) is 4.20. The van der Waals surface area contributed by atoms with Crippen LogP contribution in [0, 0.1) is 5.82 Å². The molecule has 1 N–H and O–H groups in total. The van der Waals surface area contributed by atoms with Gasteiger partial charge in [-0.25, -0.2) is 4.39 Å². The van der Waals surface area contributed by atoms with Gasteiger partial charge < -0.3 is 9.73 Å². The van der Waals surface area contributed by atoms with Gasteiger partial charge in [-0.05, 0) is 52.8 Å². The monoisotopic (exact) mass is 283 g/mol. The molecule has 0 spiro atoms. The molecule has 1 aromatic heterocycles. The predicted octanol–water partition coefficient (Wildman–Crippen LogP) is 3.49. The van der Waals surface area contributed by atoms with Crippen molar-refractivity contribution in [1.82, 2.24) is 5.32 Å². The Bertz CT molecular complexity index is 483. The number of benzene rings is 1. The zero-order chi connectivity index (χ0) is 11.5. The van der Waals surface area contributed by atoms with E-state index in [0.29, 0.717) is 4.67 Å².